The van der Waals surface area contributed by atoms with Gasteiger partial charge in [-0.1, -0.05) is 137 Å². The van der Waals surface area contributed by atoms with Crippen LogP contribution >= 0.6 is 0 Å². The summed E-state index contributed by atoms with van der Waals surface area (Å²) in [6.45, 7) is 22.7. The maximum atomic E-state index is 6.91. The van der Waals surface area contributed by atoms with Crippen molar-refractivity contribution < 1.29 is 9.31 Å². The Labute approximate surface area is 260 Å². The molecule has 0 aliphatic carbocycles. The summed E-state index contributed by atoms with van der Waals surface area (Å²) in [6, 6.07) is 29.5. The van der Waals surface area contributed by atoms with Crippen LogP contribution in [-0.4, -0.2) is 25.0 Å². The summed E-state index contributed by atoms with van der Waals surface area (Å²) < 4.78 is 13.8. The Morgan fingerprint density at radius 3 is 1.70 bits per heavy atom. The van der Waals surface area contributed by atoms with Gasteiger partial charge in [-0.15, -0.1) is 0 Å². The Balaban J connectivity index is 1.79. The highest BCUT2D eigenvalue weighted by atomic mass is 16.7. The minimum Gasteiger partial charge on any atom is -0.399 e. The van der Waals surface area contributed by atoms with Gasteiger partial charge in [-0.05, 0) is 89.5 Å². The molecule has 220 valence electrons. The second-order valence-corrected chi connectivity index (χ2v) is 14.5. The van der Waals surface area contributed by atoms with Crippen molar-refractivity contribution in [3.8, 4) is 0 Å². The first-order valence-electron chi connectivity index (χ1n) is 16.2. The van der Waals surface area contributed by atoms with Crippen LogP contribution in [0.15, 0.2) is 78.9 Å². The molecule has 0 unspecified atom stereocenters. The molecule has 4 aromatic carbocycles. The highest BCUT2D eigenvalue weighted by Crippen LogP contribution is 2.46. The van der Waals surface area contributed by atoms with E-state index in [2.05, 4.69) is 148 Å². The van der Waals surface area contributed by atoms with Gasteiger partial charge in [0.2, 0.25) is 6.71 Å². The lowest BCUT2D eigenvalue weighted by Crippen LogP contribution is -2.51. The molecule has 0 saturated carbocycles. The zero-order valence-electron chi connectivity index (χ0n) is 27.7. The Morgan fingerprint density at radius 2 is 1.16 bits per heavy atom. The zero-order valence-corrected chi connectivity index (χ0v) is 27.7. The lowest BCUT2D eigenvalue weighted by atomic mass is 9.29. The molecule has 43 heavy (non-hydrogen) atoms. The maximum Gasteiger partial charge on any atom is 0.494 e. The summed E-state index contributed by atoms with van der Waals surface area (Å²) in [5.74, 6) is 1.21. The summed E-state index contributed by atoms with van der Waals surface area (Å²) in [5.41, 5.74) is 11.1. The molecule has 2 aliphatic heterocycles. The average molecular weight is 568 g/mol. The third-order valence-corrected chi connectivity index (χ3v) is 10.2. The summed E-state index contributed by atoms with van der Waals surface area (Å²) in [4.78, 5) is 0. The van der Waals surface area contributed by atoms with Crippen molar-refractivity contribution in [3.63, 3.8) is 0 Å². The van der Waals surface area contributed by atoms with Crippen LogP contribution in [0.5, 0.6) is 0 Å². The van der Waals surface area contributed by atoms with Gasteiger partial charge < -0.3 is 9.31 Å². The van der Waals surface area contributed by atoms with Crippen molar-refractivity contribution in [2.75, 3.05) is 0 Å². The standard InChI is InChI=1S/C39H46B2O2/c1-24(2)29-22-31(25(3)4)36(32(23-29)26(5)6)40-33-21-15-19-27-18-14-20-30(34(27)33)37(35(40)28-16-12-11-13-17-28)41-42-38(7,8)39(9,10)43-41/h11-26H,1-10H3. The Kier molecular flexibility index (Phi) is 7.55. The van der Waals surface area contributed by atoms with Gasteiger partial charge in [-0.3, -0.25) is 0 Å². The molecular formula is C39H46B2O2. The van der Waals surface area contributed by atoms with Crippen LogP contribution in [0.25, 0.3) is 21.7 Å². The largest absolute Gasteiger partial charge is 0.494 e. The van der Waals surface area contributed by atoms with Crippen molar-refractivity contribution in [1.29, 1.82) is 0 Å². The highest BCUT2D eigenvalue weighted by molar-refractivity contribution is 7.05. The monoisotopic (exact) mass is 568 g/mol. The first-order chi connectivity index (χ1) is 20.3. The predicted octanol–water partition coefficient (Wildman–Crippen LogP) is 8.91. The van der Waals surface area contributed by atoms with Crippen LogP contribution in [0, 0.1) is 0 Å². The fourth-order valence-corrected chi connectivity index (χ4v) is 7.09. The van der Waals surface area contributed by atoms with E-state index in [0.717, 1.165) is 5.47 Å². The molecule has 2 heterocycles. The lowest BCUT2D eigenvalue weighted by molar-refractivity contribution is 0.00578. The van der Waals surface area contributed by atoms with E-state index in [0.29, 0.717) is 17.8 Å². The van der Waals surface area contributed by atoms with E-state index in [1.165, 1.54) is 55.0 Å². The van der Waals surface area contributed by atoms with E-state index in [-0.39, 0.29) is 6.71 Å². The van der Waals surface area contributed by atoms with Gasteiger partial charge in [0.1, 0.15) is 0 Å². The Bertz CT molecular complexity index is 1660. The molecule has 6 rings (SSSR count). The van der Waals surface area contributed by atoms with Crippen LogP contribution in [-0.2, 0) is 9.31 Å². The van der Waals surface area contributed by atoms with E-state index < -0.39 is 18.3 Å². The van der Waals surface area contributed by atoms with Gasteiger partial charge in [-0.25, -0.2) is 0 Å². The SMILES string of the molecule is CC(C)c1cc(C(C)C)c(B2C(c3ccccc3)=C(B3OC(C)(C)C(C)(C)O3)c3cccc4cccc2c34)c(C(C)C)c1. The molecule has 0 bridgehead atoms. The maximum absolute atomic E-state index is 6.91. The van der Waals surface area contributed by atoms with Crippen LogP contribution in [0.4, 0.5) is 0 Å². The van der Waals surface area contributed by atoms with E-state index in [1.807, 2.05) is 0 Å². The first kappa shape index (κ1) is 30.0. The van der Waals surface area contributed by atoms with E-state index >= 15 is 0 Å². The summed E-state index contributed by atoms with van der Waals surface area (Å²) in [5, 5.41) is 2.58. The number of hydrogen-bond donors (Lipinski definition) is 0. The molecule has 1 fully saturated rings. The Morgan fingerprint density at radius 1 is 0.605 bits per heavy atom. The van der Waals surface area contributed by atoms with Gasteiger partial charge in [-0.2, -0.15) is 0 Å². The molecule has 0 radical (unpaired) electrons. The average Bonchev–Trinajstić information content (AvgIpc) is 3.18. The molecule has 1 saturated heterocycles. The van der Waals surface area contributed by atoms with Gasteiger partial charge in [0, 0.05) is 0 Å². The van der Waals surface area contributed by atoms with E-state index in [4.69, 9.17) is 9.31 Å². The van der Waals surface area contributed by atoms with Crippen LogP contribution in [0.3, 0.4) is 0 Å². The molecule has 2 nitrogen and oxygen atoms in total. The molecule has 0 aromatic heterocycles. The molecular weight excluding hydrogens is 522 g/mol. The minimum absolute atomic E-state index is 0.0334. The van der Waals surface area contributed by atoms with Gasteiger partial charge >= 0.3 is 7.12 Å². The predicted molar refractivity (Wildman–Crippen MR) is 187 cm³/mol. The van der Waals surface area contributed by atoms with Crippen molar-refractivity contribution in [2.45, 2.75) is 98.2 Å². The molecule has 0 N–H and O–H groups in total. The molecule has 0 amide bonds. The summed E-state index contributed by atoms with van der Waals surface area (Å²) >= 11 is 0. The molecule has 0 spiro atoms. The molecule has 4 heteroatoms. The summed E-state index contributed by atoms with van der Waals surface area (Å²) in [7, 11) is -0.485. The molecule has 4 aromatic rings. The smallest absolute Gasteiger partial charge is 0.399 e. The van der Waals surface area contributed by atoms with Gasteiger partial charge in [0.15, 0.2) is 0 Å². The van der Waals surface area contributed by atoms with E-state index in [1.54, 1.807) is 0 Å². The molecule has 0 atom stereocenters. The fourth-order valence-electron chi connectivity index (χ4n) is 7.09. The lowest BCUT2D eigenvalue weighted by Gasteiger charge is -2.35. The third kappa shape index (κ3) is 4.92. The normalized spacial score (nSPS) is 17.7. The third-order valence-electron chi connectivity index (χ3n) is 10.2. The van der Waals surface area contributed by atoms with E-state index in [9.17, 15) is 0 Å². The van der Waals surface area contributed by atoms with Crippen LogP contribution in [0.2, 0.25) is 0 Å². The second-order valence-electron chi connectivity index (χ2n) is 14.5. The number of rotatable bonds is 6. The van der Waals surface area contributed by atoms with Crippen LogP contribution < -0.4 is 10.9 Å². The number of benzene rings is 4. The second kappa shape index (κ2) is 10.8. The highest BCUT2D eigenvalue weighted by Gasteiger charge is 2.54. The van der Waals surface area contributed by atoms with Crippen molar-refractivity contribution in [2.24, 2.45) is 0 Å². The first-order valence-corrected chi connectivity index (χ1v) is 16.2. The number of hydrogen-bond acceptors (Lipinski definition) is 2. The van der Waals surface area contributed by atoms with Crippen molar-refractivity contribution in [3.05, 3.63) is 107 Å². The Hall–Kier alpha value is -3.07. The van der Waals surface area contributed by atoms with Gasteiger partial charge in [0.25, 0.3) is 0 Å². The van der Waals surface area contributed by atoms with Crippen LogP contribution in [0.1, 0.15) is 115 Å². The van der Waals surface area contributed by atoms with Crippen molar-refractivity contribution >= 4 is 46.5 Å². The quantitative estimate of drug-likeness (QED) is 0.216. The fraction of sp³-hybridized carbons (Fsp3) is 0.385. The topological polar surface area (TPSA) is 18.5 Å². The summed E-state index contributed by atoms with van der Waals surface area (Å²) in [6.07, 6.45) is 0. The zero-order chi connectivity index (χ0) is 30.8. The minimum atomic E-state index is -0.485. The van der Waals surface area contributed by atoms with Crippen molar-refractivity contribution in [1.82, 2.24) is 0 Å². The molecule has 2 aliphatic rings. The van der Waals surface area contributed by atoms with Gasteiger partial charge in [0.05, 0.1) is 11.2 Å².